The fraction of sp³-hybridized carbons (Fsp3) is 0.943. The van der Waals surface area contributed by atoms with E-state index in [2.05, 4.69) is 20.8 Å². The van der Waals surface area contributed by atoms with E-state index in [1.165, 1.54) is 116 Å². The molecule has 0 aromatic heterocycles. The lowest BCUT2D eigenvalue weighted by Gasteiger charge is -2.15. The summed E-state index contributed by atoms with van der Waals surface area (Å²) in [6, 6.07) is 0. The molecule has 0 saturated heterocycles. The van der Waals surface area contributed by atoms with Crippen LogP contribution in [0.2, 0.25) is 0 Å². The summed E-state index contributed by atoms with van der Waals surface area (Å²) in [5, 5.41) is 9.50. The van der Waals surface area contributed by atoms with Gasteiger partial charge in [0.25, 0.3) is 0 Å². The van der Waals surface area contributed by atoms with E-state index in [-0.39, 0.29) is 25.2 Å². The van der Waals surface area contributed by atoms with E-state index in [1.54, 1.807) is 0 Å². The van der Waals surface area contributed by atoms with Crippen molar-refractivity contribution in [2.24, 2.45) is 5.92 Å². The lowest BCUT2D eigenvalue weighted by atomic mass is 10.0. The second-order valence-corrected chi connectivity index (χ2v) is 12.4. The van der Waals surface area contributed by atoms with Crippen LogP contribution < -0.4 is 0 Å². The summed E-state index contributed by atoms with van der Waals surface area (Å²) < 4.78 is 10.6. The van der Waals surface area contributed by atoms with Crippen LogP contribution >= 0.6 is 0 Å². The molecule has 0 spiro atoms. The summed E-state index contributed by atoms with van der Waals surface area (Å²) in [4.78, 5) is 24.1. The summed E-state index contributed by atoms with van der Waals surface area (Å²) >= 11 is 0. The quantitative estimate of drug-likeness (QED) is 0.0665. The number of esters is 2. The van der Waals surface area contributed by atoms with Gasteiger partial charge in [-0.1, -0.05) is 162 Å². The Kier molecular flexibility index (Phi) is 30.0. The zero-order chi connectivity index (χ0) is 29.5. The van der Waals surface area contributed by atoms with Gasteiger partial charge in [0, 0.05) is 12.8 Å². The van der Waals surface area contributed by atoms with Crippen LogP contribution in [0.5, 0.6) is 0 Å². The van der Waals surface area contributed by atoms with Crippen molar-refractivity contribution in [2.75, 3.05) is 13.2 Å². The summed E-state index contributed by atoms with van der Waals surface area (Å²) in [5.41, 5.74) is 0. The van der Waals surface area contributed by atoms with Crippen molar-refractivity contribution >= 4 is 11.9 Å². The number of aliphatic hydroxyl groups is 1. The van der Waals surface area contributed by atoms with Crippen LogP contribution in [-0.2, 0) is 19.1 Å². The van der Waals surface area contributed by atoms with Gasteiger partial charge in [0.15, 0.2) is 6.10 Å². The van der Waals surface area contributed by atoms with Crippen molar-refractivity contribution in [1.82, 2.24) is 0 Å². The smallest absolute Gasteiger partial charge is 0.306 e. The number of aliphatic hydroxyl groups excluding tert-OH is 1. The Morgan fingerprint density at radius 3 is 1.32 bits per heavy atom. The number of rotatable bonds is 31. The fourth-order valence-corrected chi connectivity index (χ4v) is 5.15. The molecule has 0 fully saturated rings. The van der Waals surface area contributed by atoms with Gasteiger partial charge in [-0.25, -0.2) is 0 Å². The Hall–Kier alpha value is -1.10. The van der Waals surface area contributed by atoms with Crippen molar-refractivity contribution in [3.8, 4) is 0 Å². The molecule has 0 aliphatic carbocycles. The van der Waals surface area contributed by atoms with Gasteiger partial charge in [-0.15, -0.1) is 0 Å². The molecule has 0 aliphatic rings. The Morgan fingerprint density at radius 2 is 0.925 bits per heavy atom. The first-order valence-corrected chi connectivity index (χ1v) is 17.5. The maximum Gasteiger partial charge on any atom is 0.306 e. The minimum atomic E-state index is -0.760. The van der Waals surface area contributed by atoms with Crippen LogP contribution in [-0.4, -0.2) is 36.4 Å². The van der Waals surface area contributed by atoms with Crippen LogP contribution in [0, 0.1) is 5.92 Å². The third-order valence-corrected chi connectivity index (χ3v) is 7.83. The van der Waals surface area contributed by atoms with Gasteiger partial charge in [-0.3, -0.25) is 9.59 Å². The van der Waals surface area contributed by atoms with E-state index in [0.29, 0.717) is 12.8 Å². The predicted molar refractivity (Wildman–Crippen MR) is 168 cm³/mol. The number of hydrogen-bond donors (Lipinski definition) is 1. The first kappa shape index (κ1) is 38.9. The first-order chi connectivity index (χ1) is 19.5. The Bertz CT molecular complexity index is 548. The monoisotopic (exact) mass is 569 g/mol. The average molecular weight is 569 g/mol. The molecule has 0 heterocycles. The Labute approximate surface area is 248 Å². The summed E-state index contributed by atoms with van der Waals surface area (Å²) in [6.45, 7) is 6.48. The maximum absolute atomic E-state index is 12.1. The lowest BCUT2D eigenvalue weighted by Crippen LogP contribution is -2.28. The van der Waals surface area contributed by atoms with Crippen LogP contribution in [0.1, 0.15) is 188 Å². The normalized spacial score (nSPS) is 12.1. The first-order valence-electron chi connectivity index (χ1n) is 17.5. The molecule has 0 rings (SSSR count). The van der Waals surface area contributed by atoms with Gasteiger partial charge in [-0.05, 0) is 18.8 Å². The van der Waals surface area contributed by atoms with E-state index in [0.717, 1.165) is 44.4 Å². The van der Waals surface area contributed by atoms with Crippen molar-refractivity contribution in [3.05, 3.63) is 0 Å². The number of carbonyl (C=O) groups excluding carboxylic acids is 2. The number of unbranched alkanes of at least 4 members (excludes halogenated alkanes) is 21. The molecule has 5 nitrogen and oxygen atoms in total. The van der Waals surface area contributed by atoms with E-state index < -0.39 is 6.10 Å². The lowest BCUT2D eigenvalue weighted by molar-refractivity contribution is -0.161. The number of ether oxygens (including phenoxy) is 2. The van der Waals surface area contributed by atoms with Gasteiger partial charge in [-0.2, -0.15) is 0 Å². The molecule has 0 radical (unpaired) electrons. The van der Waals surface area contributed by atoms with Gasteiger partial charge in [0.05, 0.1) is 6.61 Å². The molecule has 0 aliphatic heterocycles. The largest absolute Gasteiger partial charge is 0.462 e. The topological polar surface area (TPSA) is 72.8 Å². The third kappa shape index (κ3) is 29.9. The highest BCUT2D eigenvalue weighted by Gasteiger charge is 2.16. The standard InChI is InChI=1S/C35H68O5/c1-4-5-6-7-8-9-12-16-19-22-25-28-34(37)39-31-33(30-36)40-35(38)29-26-23-20-17-14-11-10-13-15-18-21-24-27-32(2)3/h32-33,36H,4-31H2,1-3H3. The molecule has 1 N–H and O–H groups in total. The van der Waals surface area contributed by atoms with Gasteiger partial charge >= 0.3 is 11.9 Å². The average Bonchev–Trinajstić information content (AvgIpc) is 2.93. The summed E-state index contributed by atoms with van der Waals surface area (Å²) in [7, 11) is 0. The van der Waals surface area contributed by atoms with Crippen LogP contribution in [0.25, 0.3) is 0 Å². The molecule has 0 aromatic carbocycles. The van der Waals surface area contributed by atoms with Crippen LogP contribution in [0.3, 0.4) is 0 Å². The molecule has 0 aromatic rings. The van der Waals surface area contributed by atoms with E-state index >= 15 is 0 Å². The molecule has 0 bridgehead atoms. The molecule has 0 saturated carbocycles. The number of carbonyl (C=O) groups is 2. The van der Waals surface area contributed by atoms with Crippen molar-refractivity contribution in [3.63, 3.8) is 0 Å². The van der Waals surface area contributed by atoms with E-state index in [4.69, 9.17) is 9.47 Å². The van der Waals surface area contributed by atoms with Crippen molar-refractivity contribution < 1.29 is 24.2 Å². The number of hydrogen-bond acceptors (Lipinski definition) is 5. The molecule has 1 unspecified atom stereocenters. The highest BCUT2D eigenvalue weighted by atomic mass is 16.6. The van der Waals surface area contributed by atoms with Crippen molar-refractivity contribution in [2.45, 2.75) is 194 Å². The van der Waals surface area contributed by atoms with Gasteiger partial charge < -0.3 is 14.6 Å². The minimum absolute atomic E-state index is 0.0585. The van der Waals surface area contributed by atoms with Crippen LogP contribution in [0.15, 0.2) is 0 Å². The summed E-state index contributed by atoms with van der Waals surface area (Å²) in [5.74, 6) is 0.259. The zero-order valence-electron chi connectivity index (χ0n) is 27.0. The molecular weight excluding hydrogens is 500 g/mol. The Balaban J connectivity index is 3.53. The second-order valence-electron chi connectivity index (χ2n) is 12.4. The Morgan fingerprint density at radius 1 is 0.550 bits per heavy atom. The third-order valence-electron chi connectivity index (χ3n) is 7.83. The zero-order valence-corrected chi connectivity index (χ0v) is 27.0. The SMILES string of the molecule is CCCCCCCCCCCCCC(=O)OCC(CO)OC(=O)CCCCCCCCCCCCCCC(C)C. The summed E-state index contributed by atoms with van der Waals surface area (Å²) in [6.07, 6.45) is 30.1. The highest BCUT2D eigenvalue weighted by Crippen LogP contribution is 2.15. The second kappa shape index (κ2) is 30.8. The molecular formula is C35H68O5. The maximum atomic E-state index is 12.1. The molecule has 0 amide bonds. The molecule has 1 atom stereocenters. The molecule has 40 heavy (non-hydrogen) atoms. The van der Waals surface area contributed by atoms with E-state index in [1.807, 2.05) is 0 Å². The van der Waals surface area contributed by atoms with Gasteiger partial charge in [0.1, 0.15) is 6.61 Å². The van der Waals surface area contributed by atoms with Gasteiger partial charge in [0.2, 0.25) is 0 Å². The predicted octanol–water partition coefficient (Wildman–Crippen LogP) is 10.3. The van der Waals surface area contributed by atoms with Crippen molar-refractivity contribution in [1.29, 1.82) is 0 Å². The molecule has 238 valence electrons. The minimum Gasteiger partial charge on any atom is -0.462 e. The van der Waals surface area contributed by atoms with E-state index in [9.17, 15) is 14.7 Å². The molecule has 5 heteroatoms. The highest BCUT2D eigenvalue weighted by molar-refractivity contribution is 5.70. The van der Waals surface area contributed by atoms with Crippen LogP contribution in [0.4, 0.5) is 0 Å². The fourth-order valence-electron chi connectivity index (χ4n) is 5.15.